The molecule has 1 saturated heterocycles. The summed E-state index contributed by atoms with van der Waals surface area (Å²) in [6.07, 6.45) is 1.00. The van der Waals surface area contributed by atoms with Gasteiger partial charge in [-0.2, -0.15) is 0 Å². The van der Waals surface area contributed by atoms with Crippen molar-refractivity contribution in [2.75, 3.05) is 5.88 Å². The second-order valence-electron chi connectivity index (χ2n) is 6.31. The van der Waals surface area contributed by atoms with Crippen LogP contribution in [-0.4, -0.2) is 45.5 Å². The third kappa shape index (κ3) is 3.25. The lowest BCUT2D eigenvalue weighted by molar-refractivity contribution is 0.00578. The third-order valence-corrected chi connectivity index (χ3v) is 4.49. The third-order valence-electron chi connectivity index (χ3n) is 4.17. The van der Waals surface area contributed by atoms with E-state index in [1.165, 1.54) is 6.20 Å². The molecule has 1 aromatic heterocycles. The van der Waals surface area contributed by atoms with Gasteiger partial charge in [0.2, 0.25) is 0 Å². The van der Waals surface area contributed by atoms with E-state index >= 15 is 0 Å². The lowest BCUT2D eigenvalue weighted by Gasteiger charge is -2.32. The Bertz CT molecular complexity index is 496. The summed E-state index contributed by atoms with van der Waals surface area (Å²) in [5.41, 5.74) is 0.298. The van der Waals surface area contributed by atoms with Gasteiger partial charge in [0.25, 0.3) is 0 Å². The minimum Gasteiger partial charge on any atom is -0.399 e. The van der Waals surface area contributed by atoms with Crippen molar-refractivity contribution in [3.8, 4) is 0 Å². The summed E-state index contributed by atoms with van der Waals surface area (Å²) in [6, 6.07) is 1.72. The Kier molecular flexibility index (Phi) is 4.66. The van der Waals surface area contributed by atoms with Gasteiger partial charge in [-0.1, -0.05) is 6.07 Å². The monoisotopic (exact) mass is 313 g/mol. The van der Waals surface area contributed by atoms with Crippen LogP contribution in [0.15, 0.2) is 18.5 Å². The van der Waals surface area contributed by atoms with Crippen LogP contribution in [0.5, 0.6) is 0 Å². The van der Waals surface area contributed by atoms with E-state index in [1.54, 1.807) is 12.3 Å². The number of aromatic nitrogens is 1. The Morgan fingerprint density at radius 2 is 1.76 bits per heavy atom. The molecule has 116 valence electrons. The second kappa shape index (κ2) is 5.86. The molecule has 1 aliphatic rings. The van der Waals surface area contributed by atoms with Crippen molar-refractivity contribution in [2.24, 2.45) is 0 Å². The minimum absolute atomic E-state index is 0.0537. The number of halogens is 1. The van der Waals surface area contributed by atoms with Gasteiger partial charge in [-0.3, -0.25) is 4.98 Å². The maximum absolute atomic E-state index is 10.0. The van der Waals surface area contributed by atoms with Gasteiger partial charge in [0.1, 0.15) is 6.10 Å². The lowest BCUT2D eigenvalue weighted by atomic mass is 9.79. The summed E-state index contributed by atoms with van der Waals surface area (Å²) in [5, 5.41) is 19.6. The molecular weight excluding hydrogens is 292 g/mol. The maximum atomic E-state index is 10.0. The highest BCUT2D eigenvalue weighted by Crippen LogP contribution is 2.36. The number of aliphatic hydroxyl groups excluding tert-OH is 2. The highest BCUT2D eigenvalue weighted by Gasteiger charge is 2.51. The molecule has 0 saturated carbocycles. The lowest BCUT2D eigenvalue weighted by Crippen LogP contribution is -2.41. The van der Waals surface area contributed by atoms with E-state index in [-0.39, 0.29) is 5.88 Å². The number of hydrogen-bond donors (Lipinski definition) is 2. The Morgan fingerprint density at radius 1 is 1.19 bits per heavy atom. The Balaban J connectivity index is 2.23. The van der Waals surface area contributed by atoms with Crippen molar-refractivity contribution in [3.05, 3.63) is 24.0 Å². The molecule has 2 rings (SSSR count). The normalized spacial score (nSPS) is 23.1. The predicted octanol–water partition coefficient (Wildman–Crippen LogP) is 1.01. The topological polar surface area (TPSA) is 71.8 Å². The van der Waals surface area contributed by atoms with Gasteiger partial charge in [0, 0.05) is 23.4 Å². The number of nitrogens with zero attached hydrogens (tertiary/aromatic N) is 1. The van der Waals surface area contributed by atoms with Crippen molar-refractivity contribution in [1.29, 1.82) is 0 Å². The van der Waals surface area contributed by atoms with E-state index in [1.807, 2.05) is 27.7 Å². The highest BCUT2D eigenvalue weighted by molar-refractivity contribution is 6.62. The zero-order chi connectivity index (χ0) is 15.8. The van der Waals surface area contributed by atoms with Gasteiger partial charge in [-0.05, 0) is 27.7 Å². The summed E-state index contributed by atoms with van der Waals surface area (Å²) in [4.78, 5) is 4.09. The number of aliphatic hydroxyl groups is 2. The molecule has 0 amide bonds. The molecule has 0 bridgehead atoms. The Labute approximate surface area is 130 Å². The SMILES string of the molecule is CC1(C)OB(c2cncc(C(O)C(O)CCl)c2)OC1(C)C. The zero-order valence-electron chi connectivity index (χ0n) is 12.7. The largest absolute Gasteiger partial charge is 0.496 e. The molecule has 0 spiro atoms. The molecule has 2 unspecified atom stereocenters. The minimum atomic E-state index is -1.09. The Hall–Kier alpha value is -0.655. The van der Waals surface area contributed by atoms with E-state index in [0.29, 0.717) is 11.0 Å². The predicted molar refractivity (Wildman–Crippen MR) is 81.6 cm³/mol. The van der Waals surface area contributed by atoms with Gasteiger partial charge in [0.05, 0.1) is 23.2 Å². The van der Waals surface area contributed by atoms with Crippen LogP contribution in [0.4, 0.5) is 0 Å². The molecule has 1 fully saturated rings. The fraction of sp³-hybridized carbons (Fsp3) is 0.643. The van der Waals surface area contributed by atoms with Crippen LogP contribution in [0.25, 0.3) is 0 Å². The number of hydrogen-bond acceptors (Lipinski definition) is 5. The zero-order valence-corrected chi connectivity index (χ0v) is 13.5. The number of rotatable bonds is 4. The van der Waals surface area contributed by atoms with E-state index < -0.39 is 30.5 Å². The molecule has 0 aliphatic carbocycles. The van der Waals surface area contributed by atoms with Crippen molar-refractivity contribution in [3.63, 3.8) is 0 Å². The fourth-order valence-electron chi connectivity index (χ4n) is 2.05. The average molecular weight is 314 g/mol. The van der Waals surface area contributed by atoms with Crippen molar-refractivity contribution >= 4 is 24.2 Å². The first-order valence-electron chi connectivity index (χ1n) is 6.90. The molecule has 1 aliphatic heterocycles. The molecule has 5 nitrogen and oxygen atoms in total. The summed E-state index contributed by atoms with van der Waals surface area (Å²) < 4.78 is 11.9. The number of alkyl halides is 1. The van der Waals surface area contributed by atoms with Crippen molar-refractivity contribution < 1.29 is 19.5 Å². The smallest absolute Gasteiger partial charge is 0.399 e. The molecule has 0 aromatic carbocycles. The maximum Gasteiger partial charge on any atom is 0.496 e. The summed E-state index contributed by atoms with van der Waals surface area (Å²) >= 11 is 5.56. The van der Waals surface area contributed by atoms with Crippen molar-refractivity contribution in [2.45, 2.75) is 51.1 Å². The second-order valence-corrected chi connectivity index (χ2v) is 6.61. The summed E-state index contributed by atoms with van der Waals surface area (Å²) in [6.45, 7) is 7.87. The van der Waals surface area contributed by atoms with Crippen LogP contribution >= 0.6 is 11.6 Å². The molecule has 0 radical (unpaired) electrons. The molecular formula is C14H21BClNO4. The van der Waals surface area contributed by atoms with Crippen LogP contribution in [0.3, 0.4) is 0 Å². The van der Waals surface area contributed by atoms with Crippen LogP contribution in [0.1, 0.15) is 39.4 Å². The van der Waals surface area contributed by atoms with Crippen LogP contribution < -0.4 is 5.46 Å². The van der Waals surface area contributed by atoms with Crippen molar-refractivity contribution in [1.82, 2.24) is 4.98 Å². The first kappa shape index (κ1) is 16.7. The van der Waals surface area contributed by atoms with Crippen LogP contribution in [0, 0.1) is 0 Å². The van der Waals surface area contributed by atoms with Gasteiger partial charge < -0.3 is 19.5 Å². The van der Waals surface area contributed by atoms with E-state index in [2.05, 4.69) is 4.98 Å². The molecule has 1 aromatic rings. The van der Waals surface area contributed by atoms with E-state index in [9.17, 15) is 10.2 Å². The standard InChI is InChI=1S/C14H21BClNO4/c1-13(2)14(3,4)21-15(20-13)10-5-9(7-17-8-10)12(19)11(18)6-16/h5,7-8,11-12,18-19H,6H2,1-4H3. The quantitative estimate of drug-likeness (QED) is 0.641. The molecule has 2 N–H and O–H groups in total. The van der Waals surface area contributed by atoms with Crippen LogP contribution in [-0.2, 0) is 9.31 Å². The Morgan fingerprint density at radius 3 is 2.29 bits per heavy atom. The fourth-order valence-corrected chi connectivity index (χ4v) is 2.22. The van der Waals surface area contributed by atoms with Gasteiger partial charge >= 0.3 is 7.12 Å². The summed E-state index contributed by atoms with van der Waals surface area (Å²) in [5.74, 6) is -0.0537. The van der Waals surface area contributed by atoms with Gasteiger partial charge in [0.15, 0.2) is 0 Å². The van der Waals surface area contributed by atoms with E-state index in [0.717, 1.165) is 0 Å². The number of pyridine rings is 1. The summed E-state index contributed by atoms with van der Waals surface area (Å²) in [7, 11) is -0.553. The first-order valence-corrected chi connectivity index (χ1v) is 7.44. The van der Waals surface area contributed by atoms with Crippen LogP contribution in [0.2, 0.25) is 0 Å². The molecule has 7 heteroatoms. The van der Waals surface area contributed by atoms with E-state index in [4.69, 9.17) is 20.9 Å². The average Bonchev–Trinajstić information content (AvgIpc) is 2.66. The highest BCUT2D eigenvalue weighted by atomic mass is 35.5. The molecule has 2 atom stereocenters. The van der Waals surface area contributed by atoms with Gasteiger partial charge in [-0.15, -0.1) is 11.6 Å². The van der Waals surface area contributed by atoms with Gasteiger partial charge in [-0.25, -0.2) is 0 Å². The first-order chi connectivity index (χ1) is 9.68. The molecule has 2 heterocycles. The molecule has 21 heavy (non-hydrogen) atoms.